The number of hydrogen-bond donors (Lipinski definition) is 1. The molecule has 0 unspecified atom stereocenters. The van der Waals surface area contributed by atoms with Crippen LogP contribution in [0.4, 0.5) is 0 Å². The fourth-order valence-electron chi connectivity index (χ4n) is 3.40. The number of allylic oxidation sites excluding steroid dienone is 3. The highest BCUT2D eigenvalue weighted by Crippen LogP contribution is 2.42. The second-order valence-corrected chi connectivity index (χ2v) is 6.39. The summed E-state index contributed by atoms with van der Waals surface area (Å²) in [6.07, 6.45) is 1.59. The van der Waals surface area contributed by atoms with Crippen molar-refractivity contribution < 1.29 is 9.59 Å². The van der Waals surface area contributed by atoms with Crippen LogP contribution in [0.15, 0.2) is 60.2 Å². The van der Waals surface area contributed by atoms with Crippen LogP contribution in [-0.2, 0) is 0 Å². The minimum atomic E-state index is -0.0410. The maximum absolute atomic E-state index is 13.0. The first-order chi connectivity index (χ1) is 11.6. The van der Waals surface area contributed by atoms with E-state index in [0.29, 0.717) is 16.7 Å². The fourth-order valence-corrected chi connectivity index (χ4v) is 3.40. The predicted molar refractivity (Wildman–Crippen MR) is 94.7 cm³/mol. The van der Waals surface area contributed by atoms with Crippen LogP contribution in [0, 0.1) is 0 Å². The summed E-state index contributed by atoms with van der Waals surface area (Å²) < 4.78 is 0. The number of Topliss-reactive ketones (excluding diaryl/α,β-unsaturated/α-hetero) is 1. The quantitative estimate of drug-likeness (QED) is 0.935. The van der Waals surface area contributed by atoms with Crippen LogP contribution >= 0.6 is 0 Å². The lowest BCUT2D eigenvalue weighted by Crippen LogP contribution is -2.21. The molecule has 2 aliphatic carbocycles. The Balaban J connectivity index is 1.95. The maximum Gasteiger partial charge on any atom is 0.196 e. The molecule has 0 spiro atoms. The first kappa shape index (κ1) is 14.6. The summed E-state index contributed by atoms with van der Waals surface area (Å²) >= 11 is 0. The number of benzene rings is 2. The van der Waals surface area contributed by atoms with Gasteiger partial charge in [-0.15, -0.1) is 0 Å². The van der Waals surface area contributed by atoms with E-state index in [1.165, 1.54) is 0 Å². The van der Waals surface area contributed by atoms with Gasteiger partial charge in [-0.2, -0.15) is 0 Å². The summed E-state index contributed by atoms with van der Waals surface area (Å²) in [5.74, 6) is -0.0646. The SMILES string of the molecule is CC(C)NC1=C(C2=CC(=O)c3ccccc32)C(=O)c2ccccc21. The second-order valence-electron chi connectivity index (χ2n) is 6.39. The lowest BCUT2D eigenvalue weighted by Gasteiger charge is -2.15. The first-order valence-electron chi connectivity index (χ1n) is 8.08. The number of fused-ring (bicyclic) bond motifs is 2. The summed E-state index contributed by atoms with van der Waals surface area (Å²) in [5, 5.41) is 3.41. The van der Waals surface area contributed by atoms with E-state index in [2.05, 4.69) is 5.32 Å². The van der Waals surface area contributed by atoms with Gasteiger partial charge < -0.3 is 5.32 Å². The molecular formula is C21H17NO2. The number of hydrogen-bond acceptors (Lipinski definition) is 3. The molecule has 0 saturated heterocycles. The molecule has 0 aliphatic heterocycles. The van der Waals surface area contributed by atoms with Crippen molar-refractivity contribution in [2.75, 3.05) is 0 Å². The van der Waals surface area contributed by atoms with Gasteiger partial charge in [0.2, 0.25) is 0 Å². The van der Waals surface area contributed by atoms with E-state index in [-0.39, 0.29) is 17.6 Å². The Hall–Kier alpha value is -2.94. The van der Waals surface area contributed by atoms with Gasteiger partial charge in [-0.25, -0.2) is 0 Å². The molecule has 1 N–H and O–H groups in total. The third kappa shape index (κ3) is 2.05. The summed E-state index contributed by atoms with van der Waals surface area (Å²) in [7, 11) is 0. The predicted octanol–water partition coefficient (Wildman–Crippen LogP) is 3.87. The Kier molecular flexibility index (Phi) is 3.24. The van der Waals surface area contributed by atoms with Gasteiger partial charge in [0.15, 0.2) is 11.6 Å². The normalized spacial score (nSPS) is 15.7. The van der Waals surface area contributed by atoms with Crippen molar-refractivity contribution in [3.05, 3.63) is 82.4 Å². The second kappa shape index (κ2) is 5.31. The van der Waals surface area contributed by atoms with E-state index in [0.717, 1.165) is 22.4 Å². The zero-order chi connectivity index (χ0) is 16.8. The minimum Gasteiger partial charge on any atom is -0.382 e. The Bertz CT molecular complexity index is 948. The average molecular weight is 315 g/mol. The summed E-state index contributed by atoms with van der Waals surface area (Å²) in [5.41, 5.74) is 5.23. The van der Waals surface area contributed by atoms with Gasteiger partial charge in [0.25, 0.3) is 0 Å². The summed E-state index contributed by atoms with van der Waals surface area (Å²) in [4.78, 5) is 25.4. The van der Waals surface area contributed by atoms with E-state index in [9.17, 15) is 9.59 Å². The molecule has 2 aromatic rings. The van der Waals surface area contributed by atoms with E-state index < -0.39 is 0 Å². The summed E-state index contributed by atoms with van der Waals surface area (Å²) in [6, 6.07) is 15.2. The van der Waals surface area contributed by atoms with Gasteiger partial charge in [0.1, 0.15) is 0 Å². The molecule has 0 radical (unpaired) electrons. The number of rotatable bonds is 3. The number of carbonyl (C=O) groups excluding carboxylic acids is 2. The highest BCUT2D eigenvalue weighted by atomic mass is 16.1. The zero-order valence-electron chi connectivity index (χ0n) is 13.6. The molecule has 3 nitrogen and oxygen atoms in total. The largest absolute Gasteiger partial charge is 0.382 e. The highest BCUT2D eigenvalue weighted by Gasteiger charge is 2.35. The van der Waals surface area contributed by atoms with Crippen LogP contribution in [0.2, 0.25) is 0 Å². The van der Waals surface area contributed by atoms with E-state index in [4.69, 9.17) is 0 Å². The fraction of sp³-hybridized carbons (Fsp3) is 0.143. The van der Waals surface area contributed by atoms with E-state index in [1.54, 1.807) is 6.08 Å². The molecule has 0 amide bonds. The van der Waals surface area contributed by atoms with Crippen molar-refractivity contribution >= 4 is 22.8 Å². The molecule has 3 heteroatoms. The van der Waals surface area contributed by atoms with Crippen molar-refractivity contribution in [2.45, 2.75) is 19.9 Å². The van der Waals surface area contributed by atoms with Crippen molar-refractivity contribution in [3.8, 4) is 0 Å². The molecule has 4 rings (SSSR count). The maximum atomic E-state index is 13.0. The smallest absolute Gasteiger partial charge is 0.196 e. The Labute approximate surface area is 140 Å². The van der Waals surface area contributed by atoms with Gasteiger partial charge in [0.05, 0.1) is 11.3 Å². The van der Waals surface area contributed by atoms with Gasteiger partial charge in [-0.3, -0.25) is 9.59 Å². The van der Waals surface area contributed by atoms with Gasteiger partial charge in [-0.1, -0.05) is 48.5 Å². The third-order valence-electron chi connectivity index (χ3n) is 4.38. The number of nitrogens with one attached hydrogen (secondary N) is 1. The van der Waals surface area contributed by atoms with Crippen LogP contribution in [0.5, 0.6) is 0 Å². The number of carbonyl (C=O) groups is 2. The zero-order valence-corrected chi connectivity index (χ0v) is 13.6. The Morgan fingerprint density at radius 2 is 1.38 bits per heavy atom. The molecule has 0 heterocycles. The van der Waals surface area contributed by atoms with Crippen molar-refractivity contribution in [1.29, 1.82) is 0 Å². The summed E-state index contributed by atoms with van der Waals surface area (Å²) in [6.45, 7) is 4.08. The highest BCUT2D eigenvalue weighted by molar-refractivity contribution is 6.33. The van der Waals surface area contributed by atoms with Crippen LogP contribution in [0.25, 0.3) is 11.3 Å². The van der Waals surface area contributed by atoms with E-state index >= 15 is 0 Å². The Morgan fingerprint density at radius 1 is 0.792 bits per heavy atom. The van der Waals surface area contributed by atoms with Gasteiger partial charge in [-0.05, 0) is 31.1 Å². The van der Waals surface area contributed by atoms with E-state index in [1.807, 2.05) is 62.4 Å². The molecular weight excluding hydrogens is 298 g/mol. The van der Waals surface area contributed by atoms with Crippen molar-refractivity contribution in [1.82, 2.24) is 5.32 Å². The lowest BCUT2D eigenvalue weighted by molar-refractivity contribution is 0.104. The van der Waals surface area contributed by atoms with Crippen LogP contribution in [0.1, 0.15) is 45.7 Å². The first-order valence-corrected chi connectivity index (χ1v) is 8.08. The molecule has 118 valence electrons. The van der Waals surface area contributed by atoms with Gasteiger partial charge in [0, 0.05) is 22.7 Å². The molecule has 2 aromatic carbocycles. The molecule has 0 saturated carbocycles. The molecule has 0 bridgehead atoms. The van der Waals surface area contributed by atoms with Crippen LogP contribution in [-0.4, -0.2) is 17.6 Å². The van der Waals surface area contributed by atoms with Crippen molar-refractivity contribution in [2.24, 2.45) is 0 Å². The van der Waals surface area contributed by atoms with Crippen LogP contribution in [0.3, 0.4) is 0 Å². The molecule has 0 fully saturated rings. The monoisotopic (exact) mass is 315 g/mol. The molecule has 0 aromatic heterocycles. The standard InChI is InChI=1S/C21H17NO2/c1-12(2)22-20-15-9-5-6-10-16(15)21(24)19(20)17-11-18(23)14-8-4-3-7-13(14)17/h3-12,22H,1-2H3. The van der Waals surface area contributed by atoms with Gasteiger partial charge >= 0.3 is 0 Å². The van der Waals surface area contributed by atoms with Crippen LogP contribution < -0.4 is 5.32 Å². The topological polar surface area (TPSA) is 46.2 Å². The molecule has 2 aliphatic rings. The molecule has 0 atom stereocenters. The third-order valence-corrected chi connectivity index (χ3v) is 4.38. The van der Waals surface area contributed by atoms with Crippen molar-refractivity contribution in [3.63, 3.8) is 0 Å². The number of ketones is 2. The Morgan fingerprint density at radius 3 is 2.04 bits per heavy atom. The average Bonchev–Trinajstić information content (AvgIpc) is 3.04. The lowest BCUT2D eigenvalue weighted by atomic mass is 9.96. The minimum absolute atomic E-state index is 0.0236. The molecule has 24 heavy (non-hydrogen) atoms.